The van der Waals surface area contributed by atoms with E-state index in [0.717, 1.165) is 11.0 Å². The van der Waals surface area contributed by atoms with Gasteiger partial charge in [0, 0.05) is 14.9 Å². The molecule has 0 saturated heterocycles. The second kappa shape index (κ2) is 5.92. The van der Waals surface area contributed by atoms with Crippen LogP contribution in [0.1, 0.15) is 16.1 Å². The summed E-state index contributed by atoms with van der Waals surface area (Å²) in [6, 6.07) is 14.7. The van der Waals surface area contributed by atoms with Gasteiger partial charge in [0.25, 0.3) is 5.91 Å². The molecule has 0 atom stereocenters. The van der Waals surface area contributed by atoms with Crippen LogP contribution in [-0.4, -0.2) is 5.91 Å². The van der Waals surface area contributed by atoms with E-state index in [2.05, 4.69) is 21.2 Å². The number of fused-ring (bicyclic) bond motifs is 1. The number of hydrogen-bond acceptors (Lipinski definition) is 2. The molecule has 1 amide bonds. The molecule has 5 heteroatoms. The van der Waals surface area contributed by atoms with Crippen molar-refractivity contribution in [2.24, 2.45) is 0 Å². The minimum absolute atomic E-state index is 0.204. The van der Waals surface area contributed by atoms with E-state index in [1.807, 2.05) is 30.3 Å². The number of halogens is 2. The van der Waals surface area contributed by atoms with E-state index in [-0.39, 0.29) is 5.91 Å². The molecule has 1 heterocycles. The maximum Gasteiger partial charge on any atom is 0.252 e. The van der Waals surface area contributed by atoms with Crippen molar-refractivity contribution in [1.82, 2.24) is 5.32 Å². The van der Waals surface area contributed by atoms with Gasteiger partial charge in [-0.15, -0.1) is 0 Å². The first kappa shape index (κ1) is 14.2. The molecule has 0 unspecified atom stereocenters. The van der Waals surface area contributed by atoms with Crippen molar-refractivity contribution in [3.8, 4) is 0 Å². The summed E-state index contributed by atoms with van der Waals surface area (Å²) in [6.45, 7) is 0.326. The van der Waals surface area contributed by atoms with Crippen LogP contribution in [0.25, 0.3) is 11.0 Å². The lowest BCUT2D eigenvalue weighted by molar-refractivity contribution is 0.0947. The number of rotatable bonds is 3. The molecule has 21 heavy (non-hydrogen) atoms. The topological polar surface area (TPSA) is 42.2 Å². The molecule has 0 spiro atoms. The summed E-state index contributed by atoms with van der Waals surface area (Å²) in [7, 11) is 0. The highest BCUT2D eigenvalue weighted by atomic mass is 79.9. The minimum Gasteiger partial charge on any atom is -0.459 e. The van der Waals surface area contributed by atoms with Crippen LogP contribution in [0.15, 0.2) is 57.4 Å². The molecular weight excluding hydrogens is 354 g/mol. The zero-order chi connectivity index (χ0) is 14.8. The monoisotopic (exact) mass is 363 g/mol. The third-order valence-corrected chi connectivity index (χ3v) is 4.00. The fourth-order valence-corrected chi connectivity index (χ4v) is 2.66. The molecule has 3 aromatic rings. The summed E-state index contributed by atoms with van der Waals surface area (Å²) in [6.07, 6.45) is 0. The third kappa shape index (κ3) is 3.12. The molecule has 0 bridgehead atoms. The molecule has 3 nitrogen and oxygen atoms in total. The maximum atomic E-state index is 12.2. The summed E-state index contributed by atoms with van der Waals surface area (Å²) >= 11 is 9.25. The number of hydrogen-bond donors (Lipinski definition) is 1. The van der Waals surface area contributed by atoms with Gasteiger partial charge >= 0.3 is 0 Å². The molecule has 0 aliphatic carbocycles. The lowest BCUT2D eigenvalue weighted by Gasteiger charge is -2.05. The number of amides is 1. The van der Waals surface area contributed by atoms with E-state index < -0.39 is 0 Å². The van der Waals surface area contributed by atoms with E-state index in [4.69, 9.17) is 16.0 Å². The molecule has 0 radical (unpaired) electrons. The smallest absolute Gasteiger partial charge is 0.252 e. The Kier molecular flexibility index (Phi) is 3.99. The number of para-hydroxylation sites is 1. The van der Waals surface area contributed by atoms with Crippen LogP contribution in [0.4, 0.5) is 0 Å². The summed E-state index contributed by atoms with van der Waals surface area (Å²) in [5, 5.41) is 4.36. The highest BCUT2D eigenvalue weighted by Gasteiger charge is 2.11. The van der Waals surface area contributed by atoms with Crippen molar-refractivity contribution in [3.05, 3.63) is 69.3 Å². The molecule has 1 N–H and O–H groups in total. The fourth-order valence-electron chi connectivity index (χ4n) is 2.06. The molecular formula is C16H11BrClNO2. The second-order valence-electron chi connectivity index (χ2n) is 4.56. The van der Waals surface area contributed by atoms with Gasteiger partial charge in [0.2, 0.25) is 0 Å². The Morgan fingerprint density at radius 2 is 2.00 bits per heavy atom. The highest BCUT2D eigenvalue weighted by molar-refractivity contribution is 9.10. The van der Waals surface area contributed by atoms with Crippen LogP contribution in [0.5, 0.6) is 0 Å². The Morgan fingerprint density at radius 1 is 1.19 bits per heavy atom. The van der Waals surface area contributed by atoms with E-state index in [9.17, 15) is 4.79 Å². The first-order chi connectivity index (χ1) is 10.1. The van der Waals surface area contributed by atoms with Gasteiger partial charge < -0.3 is 9.73 Å². The first-order valence-corrected chi connectivity index (χ1v) is 7.51. The molecule has 3 rings (SSSR count). The molecule has 0 fully saturated rings. The average molecular weight is 365 g/mol. The maximum absolute atomic E-state index is 12.2. The molecule has 2 aromatic carbocycles. The Labute approximate surface area is 135 Å². The molecule has 0 saturated carbocycles. The average Bonchev–Trinajstić information content (AvgIpc) is 2.90. The number of benzene rings is 2. The normalized spacial score (nSPS) is 10.8. The van der Waals surface area contributed by atoms with Gasteiger partial charge in [0.15, 0.2) is 0 Å². The summed E-state index contributed by atoms with van der Waals surface area (Å²) in [5.74, 6) is 0.507. The Balaban J connectivity index is 1.74. The summed E-state index contributed by atoms with van der Waals surface area (Å²) in [4.78, 5) is 12.2. The van der Waals surface area contributed by atoms with Gasteiger partial charge in [0.05, 0.1) is 12.1 Å². The molecule has 106 valence electrons. The van der Waals surface area contributed by atoms with E-state index in [0.29, 0.717) is 27.4 Å². The lowest BCUT2D eigenvalue weighted by atomic mass is 10.2. The largest absolute Gasteiger partial charge is 0.459 e. The van der Waals surface area contributed by atoms with Crippen molar-refractivity contribution < 1.29 is 9.21 Å². The Hall–Kier alpha value is -1.78. The lowest BCUT2D eigenvalue weighted by Crippen LogP contribution is -2.22. The van der Waals surface area contributed by atoms with Gasteiger partial charge in [-0.1, -0.05) is 29.8 Å². The zero-order valence-corrected chi connectivity index (χ0v) is 13.2. The van der Waals surface area contributed by atoms with Gasteiger partial charge in [0.1, 0.15) is 11.3 Å². The fraction of sp³-hybridized carbons (Fsp3) is 0.0625. The number of nitrogens with one attached hydrogen (secondary N) is 1. The number of furan rings is 1. The molecule has 1 aromatic heterocycles. The van der Waals surface area contributed by atoms with Crippen molar-refractivity contribution in [3.63, 3.8) is 0 Å². The van der Waals surface area contributed by atoms with Crippen LogP contribution >= 0.6 is 27.5 Å². The van der Waals surface area contributed by atoms with Gasteiger partial charge in [-0.2, -0.15) is 0 Å². The Bertz CT molecular complexity index is 780. The second-order valence-corrected chi connectivity index (χ2v) is 5.85. The van der Waals surface area contributed by atoms with E-state index in [1.165, 1.54) is 0 Å². The van der Waals surface area contributed by atoms with Gasteiger partial charge in [-0.05, 0) is 46.3 Å². The number of carbonyl (C=O) groups is 1. The van der Waals surface area contributed by atoms with Gasteiger partial charge in [-0.25, -0.2) is 0 Å². The van der Waals surface area contributed by atoms with Crippen LogP contribution in [-0.2, 0) is 6.54 Å². The Morgan fingerprint density at radius 3 is 2.81 bits per heavy atom. The summed E-state index contributed by atoms with van der Waals surface area (Å²) < 4.78 is 6.36. The SMILES string of the molecule is O=C(NCc1cc2ccccc2o1)c1cc(Cl)ccc1Br. The van der Waals surface area contributed by atoms with Crippen LogP contribution in [0.2, 0.25) is 5.02 Å². The molecule has 0 aliphatic rings. The van der Waals surface area contributed by atoms with E-state index in [1.54, 1.807) is 18.2 Å². The first-order valence-electron chi connectivity index (χ1n) is 6.34. The predicted molar refractivity (Wildman–Crippen MR) is 86.5 cm³/mol. The van der Waals surface area contributed by atoms with Gasteiger partial charge in [-0.3, -0.25) is 4.79 Å². The predicted octanol–water partition coefficient (Wildman–Crippen LogP) is 4.78. The van der Waals surface area contributed by atoms with Crippen molar-refractivity contribution in [2.45, 2.75) is 6.54 Å². The van der Waals surface area contributed by atoms with Crippen molar-refractivity contribution in [1.29, 1.82) is 0 Å². The minimum atomic E-state index is -0.204. The molecule has 0 aliphatic heterocycles. The third-order valence-electron chi connectivity index (χ3n) is 3.07. The number of carbonyl (C=O) groups excluding carboxylic acids is 1. The zero-order valence-electron chi connectivity index (χ0n) is 10.9. The van der Waals surface area contributed by atoms with E-state index >= 15 is 0 Å². The standard InChI is InChI=1S/C16H11BrClNO2/c17-14-6-5-11(18)8-13(14)16(20)19-9-12-7-10-3-1-2-4-15(10)21-12/h1-8H,9H2,(H,19,20). The van der Waals surface area contributed by atoms with Crippen molar-refractivity contribution >= 4 is 44.4 Å². The van der Waals surface area contributed by atoms with Crippen molar-refractivity contribution in [2.75, 3.05) is 0 Å². The quantitative estimate of drug-likeness (QED) is 0.727. The van der Waals surface area contributed by atoms with Crippen LogP contribution < -0.4 is 5.32 Å². The summed E-state index contributed by atoms with van der Waals surface area (Å²) in [5.41, 5.74) is 1.31. The van der Waals surface area contributed by atoms with Crippen LogP contribution in [0, 0.1) is 0 Å². The highest BCUT2D eigenvalue weighted by Crippen LogP contribution is 2.22. The van der Waals surface area contributed by atoms with Crippen LogP contribution in [0.3, 0.4) is 0 Å².